The van der Waals surface area contributed by atoms with Crippen molar-refractivity contribution < 1.29 is 9.47 Å². The van der Waals surface area contributed by atoms with Crippen molar-refractivity contribution in [1.29, 1.82) is 0 Å². The van der Waals surface area contributed by atoms with Gasteiger partial charge < -0.3 is 14.8 Å². The van der Waals surface area contributed by atoms with Crippen LogP contribution in [0.5, 0.6) is 11.5 Å². The Morgan fingerprint density at radius 2 is 2.31 bits per heavy atom. The fourth-order valence-corrected chi connectivity index (χ4v) is 1.96. The largest absolute Gasteiger partial charge is 0.490 e. The first kappa shape index (κ1) is 11.3. The van der Waals surface area contributed by atoms with E-state index in [0.717, 1.165) is 31.1 Å². The van der Waals surface area contributed by atoms with Crippen molar-refractivity contribution in [3.8, 4) is 11.5 Å². The van der Waals surface area contributed by atoms with Crippen LogP contribution in [0, 0.1) is 0 Å². The van der Waals surface area contributed by atoms with Gasteiger partial charge in [0.2, 0.25) is 0 Å². The highest BCUT2D eigenvalue weighted by atomic mass is 16.5. The number of para-hydroxylation sites is 1. The Kier molecular flexibility index (Phi) is 3.67. The number of benzene rings is 1. The quantitative estimate of drug-likeness (QED) is 0.828. The Balaban J connectivity index is 2.18. The molecule has 0 amide bonds. The van der Waals surface area contributed by atoms with E-state index in [-0.39, 0.29) is 0 Å². The second kappa shape index (κ2) is 5.21. The molecule has 1 aromatic carbocycles. The van der Waals surface area contributed by atoms with Crippen molar-refractivity contribution in [2.24, 2.45) is 0 Å². The van der Waals surface area contributed by atoms with Gasteiger partial charge in [0.1, 0.15) is 6.61 Å². The lowest BCUT2D eigenvalue weighted by atomic mass is 10.1. The maximum absolute atomic E-state index is 5.70. The molecule has 1 atom stereocenters. The summed E-state index contributed by atoms with van der Waals surface area (Å²) in [6.45, 7) is 6.61. The minimum absolute atomic E-state index is 0.310. The molecular weight excluding hydrogens is 202 g/mol. The molecule has 0 radical (unpaired) electrons. The SMILES string of the molecule is CCCOc1cccc2c1OCC2NCC. The maximum Gasteiger partial charge on any atom is 0.166 e. The van der Waals surface area contributed by atoms with Crippen LogP contribution in [0.15, 0.2) is 18.2 Å². The molecule has 1 heterocycles. The lowest BCUT2D eigenvalue weighted by Gasteiger charge is -2.10. The Morgan fingerprint density at radius 3 is 3.06 bits per heavy atom. The third-order valence-electron chi connectivity index (χ3n) is 2.69. The lowest BCUT2D eigenvalue weighted by molar-refractivity contribution is 0.274. The number of rotatable bonds is 5. The second-order valence-corrected chi connectivity index (χ2v) is 3.94. The van der Waals surface area contributed by atoms with Gasteiger partial charge in [0.15, 0.2) is 11.5 Å². The smallest absolute Gasteiger partial charge is 0.166 e. The van der Waals surface area contributed by atoms with Gasteiger partial charge >= 0.3 is 0 Å². The summed E-state index contributed by atoms with van der Waals surface area (Å²) < 4.78 is 11.4. The van der Waals surface area contributed by atoms with Gasteiger partial charge in [-0.3, -0.25) is 0 Å². The van der Waals surface area contributed by atoms with Gasteiger partial charge in [-0.1, -0.05) is 26.0 Å². The fourth-order valence-electron chi connectivity index (χ4n) is 1.96. The molecule has 0 saturated heterocycles. The van der Waals surface area contributed by atoms with E-state index >= 15 is 0 Å². The number of nitrogens with one attached hydrogen (secondary N) is 1. The van der Waals surface area contributed by atoms with Gasteiger partial charge in [0, 0.05) is 5.56 Å². The fraction of sp³-hybridized carbons (Fsp3) is 0.538. The molecule has 0 saturated carbocycles. The van der Waals surface area contributed by atoms with Crippen molar-refractivity contribution in [3.05, 3.63) is 23.8 Å². The summed E-state index contributed by atoms with van der Waals surface area (Å²) in [5.41, 5.74) is 1.22. The molecule has 0 spiro atoms. The number of hydrogen-bond donors (Lipinski definition) is 1. The first-order chi connectivity index (χ1) is 7.86. The third-order valence-corrected chi connectivity index (χ3v) is 2.69. The van der Waals surface area contributed by atoms with Crippen molar-refractivity contribution in [1.82, 2.24) is 5.32 Å². The van der Waals surface area contributed by atoms with E-state index in [1.54, 1.807) is 0 Å². The van der Waals surface area contributed by atoms with Crippen LogP contribution in [-0.2, 0) is 0 Å². The van der Waals surface area contributed by atoms with Crippen LogP contribution >= 0.6 is 0 Å². The summed E-state index contributed by atoms with van der Waals surface area (Å²) in [5, 5.41) is 3.40. The number of ether oxygens (including phenoxy) is 2. The summed E-state index contributed by atoms with van der Waals surface area (Å²) in [6.07, 6.45) is 1.01. The predicted octanol–water partition coefficient (Wildman–Crippen LogP) is 2.52. The zero-order chi connectivity index (χ0) is 11.4. The van der Waals surface area contributed by atoms with E-state index in [1.165, 1.54) is 5.56 Å². The van der Waals surface area contributed by atoms with Crippen molar-refractivity contribution in [2.75, 3.05) is 19.8 Å². The Labute approximate surface area is 96.8 Å². The number of likely N-dealkylation sites (N-methyl/N-ethyl adjacent to an activating group) is 1. The van der Waals surface area contributed by atoms with Crippen LogP contribution in [0.4, 0.5) is 0 Å². The molecule has 0 aliphatic carbocycles. The molecule has 1 unspecified atom stereocenters. The normalized spacial score (nSPS) is 18.0. The van der Waals surface area contributed by atoms with Crippen molar-refractivity contribution in [3.63, 3.8) is 0 Å². The Bertz CT molecular complexity index is 352. The van der Waals surface area contributed by atoms with Crippen LogP contribution in [0.3, 0.4) is 0 Å². The summed E-state index contributed by atoms with van der Waals surface area (Å²) in [5.74, 6) is 1.79. The highest BCUT2D eigenvalue weighted by Crippen LogP contribution is 2.39. The van der Waals surface area contributed by atoms with E-state index < -0.39 is 0 Å². The van der Waals surface area contributed by atoms with E-state index in [1.807, 2.05) is 12.1 Å². The minimum atomic E-state index is 0.310. The monoisotopic (exact) mass is 221 g/mol. The molecule has 1 aromatic rings. The summed E-state index contributed by atoms with van der Waals surface area (Å²) >= 11 is 0. The highest BCUT2D eigenvalue weighted by molar-refractivity contribution is 5.50. The number of fused-ring (bicyclic) bond motifs is 1. The predicted molar refractivity (Wildman–Crippen MR) is 64.1 cm³/mol. The molecule has 3 heteroatoms. The Hall–Kier alpha value is -1.22. The summed E-state index contributed by atoms with van der Waals surface area (Å²) in [4.78, 5) is 0. The van der Waals surface area contributed by atoms with Gasteiger partial charge in [-0.05, 0) is 19.0 Å². The van der Waals surface area contributed by atoms with Gasteiger partial charge in [-0.25, -0.2) is 0 Å². The van der Waals surface area contributed by atoms with Gasteiger partial charge in [0.25, 0.3) is 0 Å². The Morgan fingerprint density at radius 1 is 1.44 bits per heavy atom. The highest BCUT2D eigenvalue weighted by Gasteiger charge is 2.26. The third kappa shape index (κ3) is 2.14. The summed E-state index contributed by atoms with van der Waals surface area (Å²) in [6, 6.07) is 6.42. The molecule has 2 rings (SSSR count). The molecular formula is C13H19NO2. The first-order valence-corrected chi connectivity index (χ1v) is 5.98. The van der Waals surface area contributed by atoms with Gasteiger partial charge in [-0.2, -0.15) is 0 Å². The van der Waals surface area contributed by atoms with Crippen molar-refractivity contribution >= 4 is 0 Å². The minimum Gasteiger partial charge on any atom is -0.490 e. The van der Waals surface area contributed by atoms with E-state index in [2.05, 4.69) is 25.2 Å². The van der Waals surface area contributed by atoms with E-state index in [0.29, 0.717) is 12.6 Å². The first-order valence-electron chi connectivity index (χ1n) is 5.98. The summed E-state index contributed by atoms with van der Waals surface area (Å²) in [7, 11) is 0. The van der Waals surface area contributed by atoms with Crippen molar-refractivity contribution in [2.45, 2.75) is 26.3 Å². The molecule has 88 valence electrons. The molecule has 16 heavy (non-hydrogen) atoms. The van der Waals surface area contributed by atoms with E-state index in [9.17, 15) is 0 Å². The molecule has 0 bridgehead atoms. The van der Waals surface area contributed by atoms with Gasteiger partial charge in [-0.15, -0.1) is 0 Å². The van der Waals surface area contributed by atoms with Crippen LogP contribution in [-0.4, -0.2) is 19.8 Å². The van der Waals surface area contributed by atoms with Crippen LogP contribution in [0.25, 0.3) is 0 Å². The van der Waals surface area contributed by atoms with E-state index in [4.69, 9.17) is 9.47 Å². The van der Waals surface area contributed by atoms with Crippen LogP contribution < -0.4 is 14.8 Å². The molecule has 1 aliphatic heterocycles. The second-order valence-electron chi connectivity index (χ2n) is 3.94. The van der Waals surface area contributed by atoms with Gasteiger partial charge in [0.05, 0.1) is 12.6 Å². The van der Waals surface area contributed by atoms with Crippen LogP contribution in [0.2, 0.25) is 0 Å². The average molecular weight is 221 g/mol. The maximum atomic E-state index is 5.70. The number of hydrogen-bond acceptors (Lipinski definition) is 3. The standard InChI is InChI=1S/C13H19NO2/c1-3-8-15-12-7-5-6-10-11(14-4-2)9-16-13(10)12/h5-7,11,14H,3-4,8-9H2,1-2H3. The molecule has 3 nitrogen and oxygen atoms in total. The lowest BCUT2D eigenvalue weighted by Crippen LogP contribution is -2.21. The zero-order valence-electron chi connectivity index (χ0n) is 9.95. The molecule has 0 aromatic heterocycles. The zero-order valence-corrected chi connectivity index (χ0v) is 9.95. The topological polar surface area (TPSA) is 30.5 Å². The average Bonchev–Trinajstić information content (AvgIpc) is 2.71. The molecule has 1 N–H and O–H groups in total. The van der Waals surface area contributed by atoms with Crippen LogP contribution in [0.1, 0.15) is 31.9 Å². The molecule has 1 aliphatic rings. The molecule has 0 fully saturated rings.